The Morgan fingerprint density at radius 2 is 1.93 bits per heavy atom. The summed E-state index contributed by atoms with van der Waals surface area (Å²) in [6.45, 7) is 4.25. The molecule has 1 aromatic carbocycles. The van der Waals surface area contributed by atoms with Gasteiger partial charge >= 0.3 is 0 Å². The van der Waals surface area contributed by atoms with Crippen molar-refractivity contribution in [3.8, 4) is 11.8 Å². The van der Waals surface area contributed by atoms with Crippen LogP contribution in [0.5, 0.6) is 0 Å². The highest BCUT2D eigenvalue weighted by atomic mass is 13.9. The molecule has 0 radical (unpaired) electrons. The first kappa shape index (κ1) is 10.6. The van der Waals surface area contributed by atoms with Gasteiger partial charge in [0.05, 0.1) is 0 Å². The Labute approximate surface area is 86.7 Å². The van der Waals surface area contributed by atoms with Crippen molar-refractivity contribution in [2.75, 3.05) is 0 Å². The van der Waals surface area contributed by atoms with Crippen LogP contribution < -0.4 is 0 Å². The van der Waals surface area contributed by atoms with E-state index in [1.807, 2.05) is 6.08 Å². The van der Waals surface area contributed by atoms with Crippen molar-refractivity contribution >= 4 is 0 Å². The standard InChI is InChI=1S/C14H16/c1-3-4-5-6-7-8-14-11-9-13(2)10-12-14/h5-6,9-12H,3-4H2,1-2H3/b6-5+. The Kier molecular flexibility index (Phi) is 4.58. The number of hydrogen-bond donors (Lipinski definition) is 0. The van der Waals surface area contributed by atoms with Gasteiger partial charge in [0.1, 0.15) is 0 Å². The molecule has 0 saturated heterocycles. The van der Waals surface area contributed by atoms with Gasteiger partial charge in [-0.25, -0.2) is 0 Å². The monoisotopic (exact) mass is 184 g/mol. The maximum atomic E-state index is 3.09. The Morgan fingerprint density at radius 3 is 2.57 bits per heavy atom. The van der Waals surface area contributed by atoms with E-state index in [9.17, 15) is 0 Å². The van der Waals surface area contributed by atoms with Crippen LogP contribution in [0.2, 0.25) is 0 Å². The minimum absolute atomic E-state index is 1.08. The van der Waals surface area contributed by atoms with Crippen LogP contribution >= 0.6 is 0 Å². The SMILES string of the molecule is CCC/C=C/C#Cc1ccc(C)cc1. The lowest BCUT2D eigenvalue weighted by atomic mass is 10.1. The normalized spacial score (nSPS) is 9.86. The minimum atomic E-state index is 1.08. The quantitative estimate of drug-likeness (QED) is 0.615. The second kappa shape index (κ2) is 6.05. The third-order valence-electron chi connectivity index (χ3n) is 1.92. The van der Waals surface area contributed by atoms with Crippen molar-refractivity contribution in [1.29, 1.82) is 0 Å². The van der Waals surface area contributed by atoms with Gasteiger partial charge in [-0.1, -0.05) is 49.0 Å². The average Bonchev–Trinajstić information content (AvgIpc) is 2.21. The largest absolute Gasteiger partial charge is 0.0762 e. The highest BCUT2D eigenvalue weighted by Gasteiger charge is 1.84. The lowest BCUT2D eigenvalue weighted by Gasteiger charge is -1.90. The Hall–Kier alpha value is -1.48. The van der Waals surface area contributed by atoms with Crippen LogP contribution in [0.15, 0.2) is 36.4 Å². The van der Waals surface area contributed by atoms with E-state index in [4.69, 9.17) is 0 Å². The van der Waals surface area contributed by atoms with Crippen LogP contribution in [-0.2, 0) is 0 Å². The van der Waals surface area contributed by atoms with E-state index in [0.29, 0.717) is 0 Å². The van der Waals surface area contributed by atoms with Gasteiger partial charge in [0, 0.05) is 5.56 Å². The van der Waals surface area contributed by atoms with Crippen LogP contribution in [0, 0.1) is 18.8 Å². The molecule has 0 heterocycles. The fraction of sp³-hybridized carbons (Fsp3) is 0.286. The van der Waals surface area contributed by atoms with E-state index in [-0.39, 0.29) is 0 Å². The molecule has 0 aliphatic rings. The number of benzene rings is 1. The summed E-state index contributed by atoms with van der Waals surface area (Å²) in [6.07, 6.45) is 6.34. The topological polar surface area (TPSA) is 0 Å². The van der Waals surface area contributed by atoms with Crippen LogP contribution in [0.3, 0.4) is 0 Å². The van der Waals surface area contributed by atoms with Crippen molar-refractivity contribution < 1.29 is 0 Å². The molecular weight excluding hydrogens is 168 g/mol. The summed E-state index contributed by atoms with van der Waals surface area (Å²) in [4.78, 5) is 0. The summed E-state index contributed by atoms with van der Waals surface area (Å²) in [5, 5.41) is 0. The molecule has 0 fully saturated rings. The molecule has 0 heteroatoms. The van der Waals surface area contributed by atoms with Crippen molar-refractivity contribution in [3.05, 3.63) is 47.5 Å². The minimum Gasteiger partial charge on any atom is -0.0762 e. The van der Waals surface area contributed by atoms with E-state index < -0.39 is 0 Å². The van der Waals surface area contributed by atoms with Gasteiger partial charge < -0.3 is 0 Å². The number of rotatable bonds is 2. The van der Waals surface area contributed by atoms with E-state index in [0.717, 1.165) is 12.0 Å². The summed E-state index contributed by atoms with van der Waals surface area (Å²) in [5.41, 5.74) is 2.36. The smallest absolute Gasteiger partial charge is 0.0248 e. The molecule has 0 aliphatic heterocycles. The average molecular weight is 184 g/mol. The lowest BCUT2D eigenvalue weighted by Crippen LogP contribution is -1.74. The van der Waals surface area contributed by atoms with E-state index in [1.165, 1.54) is 12.0 Å². The number of unbranched alkanes of at least 4 members (excludes halogenated alkanes) is 1. The Bertz CT molecular complexity index is 344. The van der Waals surface area contributed by atoms with Crippen molar-refractivity contribution in [2.24, 2.45) is 0 Å². The predicted molar refractivity (Wildman–Crippen MR) is 62.1 cm³/mol. The molecule has 72 valence electrons. The molecular formula is C14H16. The van der Waals surface area contributed by atoms with Gasteiger partial charge in [-0.3, -0.25) is 0 Å². The molecule has 1 rings (SSSR count). The molecule has 1 aromatic rings. The van der Waals surface area contributed by atoms with Gasteiger partial charge in [0.15, 0.2) is 0 Å². The van der Waals surface area contributed by atoms with E-state index in [1.54, 1.807) is 0 Å². The molecule has 0 unspecified atom stereocenters. The molecule has 0 N–H and O–H groups in total. The van der Waals surface area contributed by atoms with Gasteiger partial charge in [-0.15, -0.1) is 0 Å². The van der Waals surface area contributed by atoms with Gasteiger partial charge in [0.25, 0.3) is 0 Å². The Morgan fingerprint density at radius 1 is 1.21 bits per heavy atom. The van der Waals surface area contributed by atoms with Crippen LogP contribution in [0.25, 0.3) is 0 Å². The van der Waals surface area contributed by atoms with Crippen molar-refractivity contribution in [2.45, 2.75) is 26.7 Å². The summed E-state index contributed by atoms with van der Waals surface area (Å²) < 4.78 is 0. The zero-order valence-electron chi connectivity index (χ0n) is 8.88. The molecule has 0 spiro atoms. The highest BCUT2D eigenvalue weighted by Crippen LogP contribution is 2.00. The first-order valence-corrected chi connectivity index (χ1v) is 5.06. The predicted octanol–water partition coefficient (Wildman–Crippen LogP) is 3.70. The van der Waals surface area contributed by atoms with Crippen LogP contribution in [0.1, 0.15) is 30.9 Å². The summed E-state index contributed by atoms with van der Waals surface area (Å²) in [6, 6.07) is 8.27. The number of hydrogen-bond acceptors (Lipinski definition) is 0. The molecule has 0 amide bonds. The fourth-order valence-corrected chi connectivity index (χ4v) is 1.07. The van der Waals surface area contributed by atoms with Crippen LogP contribution in [-0.4, -0.2) is 0 Å². The first-order valence-electron chi connectivity index (χ1n) is 5.06. The van der Waals surface area contributed by atoms with Gasteiger partial charge in [-0.05, 0) is 31.6 Å². The highest BCUT2D eigenvalue weighted by molar-refractivity contribution is 5.38. The zero-order valence-corrected chi connectivity index (χ0v) is 8.88. The van der Waals surface area contributed by atoms with E-state index >= 15 is 0 Å². The van der Waals surface area contributed by atoms with Crippen molar-refractivity contribution in [3.63, 3.8) is 0 Å². The number of allylic oxidation sites excluding steroid dienone is 2. The second-order valence-corrected chi connectivity index (χ2v) is 3.33. The third kappa shape index (κ3) is 3.96. The molecule has 0 aliphatic carbocycles. The van der Waals surface area contributed by atoms with Gasteiger partial charge in [0.2, 0.25) is 0 Å². The maximum absolute atomic E-state index is 3.09. The molecule has 0 saturated carbocycles. The molecule has 0 atom stereocenters. The molecule has 0 aromatic heterocycles. The third-order valence-corrected chi connectivity index (χ3v) is 1.92. The zero-order chi connectivity index (χ0) is 10.2. The lowest BCUT2D eigenvalue weighted by molar-refractivity contribution is 0.959. The van der Waals surface area contributed by atoms with Gasteiger partial charge in [-0.2, -0.15) is 0 Å². The summed E-state index contributed by atoms with van der Waals surface area (Å²) in [5.74, 6) is 6.12. The number of aryl methyl sites for hydroxylation is 1. The first-order chi connectivity index (χ1) is 6.83. The fourth-order valence-electron chi connectivity index (χ4n) is 1.07. The molecule has 0 bridgehead atoms. The van der Waals surface area contributed by atoms with Crippen LogP contribution in [0.4, 0.5) is 0 Å². The Balaban J connectivity index is 2.55. The maximum Gasteiger partial charge on any atom is 0.0248 e. The summed E-state index contributed by atoms with van der Waals surface area (Å²) >= 11 is 0. The molecule has 14 heavy (non-hydrogen) atoms. The second-order valence-electron chi connectivity index (χ2n) is 3.33. The van der Waals surface area contributed by atoms with Crippen molar-refractivity contribution in [1.82, 2.24) is 0 Å². The summed E-state index contributed by atoms with van der Waals surface area (Å²) in [7, 11) is 0. The van der Waals surface area contributed by atoms with E-state index in [2.05, 4.69) is 56.0 Å². The molecule has 0 nitrogen and oxygen atoms in total.